The summed E-state index contributed by atoms with van der Waals surface area (Å²) in [6, 6.07) is 22.2. The molecule has 4 rings (SSSR count). The summed E-state index contributed by atoms with van der Waals surface area (Å²) in [7, 11) is 1.50. The van der Waals surface area contributed by atoms with Gasteiger partial charge in [-0.3, -0.25) is 19.3 Å². The number of esters is 1. The molecule has 0 radical (unpaired) electrons. The third-order valence-electron chi connectivity index (χ3n) is 9.79. The number of azide groups is 1. The molecular weight excluding hydrogens is 879 g/mol. The van der Waals surface area contributed by atoms with Crippen LogP contribution < -0.4 is 20.3 Å². The molecule has 0 aliphatic rings. The molecule has 19 nitrogen and oxygen atoms in total. The lowest BCUT2D eigenvalue weighted by Crippen LogP contribution is -2.40. The molecule has 0 fully saturated rings. The van der Waals surface area contributed by atoms with Crippen molar-refractivity contribution in [2.75, 3.05) is 104 Å². The van der Waals surface area contributed by atoms with Crippen LogP contribution in [0.1, 0.15) is 57.2 Å². The molecule has 1 atom stereocenters. The third-order valence-corrected chi connectivity index (χ3v) is 9.79. The molecule has 3 aromatic carbocycles. The summed E-state index contributed by atoms with van der Waals surface area (Å²) in [5.74, 6) is -0.298. The lowest BCUT2D eigenvalue weighted by atomic mass is 9.95. The first-order chi connectivity index (χ1) is 32.9. The Kier molecular flexibility index (Phi) is 24.0. The van der Waals surface area contributed by atoms with Crippen LogP contribution >= 0.6 is 0 Å². The van der Waals surface area contributed by atoms with Crippen molar-refractivity contribution in [2.45, 2.75) is 58.6 Å². The quantitative estimate of drug-likeness (QED) is 0.0170. The van der Waals surface area contributed by atoms with Gasteiger partial charge in [-0.1, -0.05) is 59.7 Å². The number of pyridine rings is 1. The van der Waals surface area contributed by atoms with E-state index in [1.165, 1.54) is 12.0 Å². The van der Waals surface area contributed by atoms with Crippen molar-refractivity contribution in [1.82, 2.24) is 15.6 Å². The lowest BCUT2D eigenvalue weighted by Gasteiger charge is -2.27. The van der Waals surface area contributed by atoms with Gasteiger partial charge in [0, 0.05) is 43.1 Å². The van der Waals surface area contributed by atoms with E-state index in [0.29, 0.717) is 83.1 Å². The molecule has 1 aromatic heterocycles. The highest BCUT2D eigenvalue weighted by molar-refractivity contribution is 6.00. The summed E-state index contributed by atoms with van der Waals surface area (Å²) >= 11 is 0. The number of nitrogens with one attached hydrogen (secondary N) is 2. The summed E-state index contributed by atoms with van der Waals surface area (Å²) in [6.45, 7) is 11.2. The fourth-order valence-corrected chi connectivity index (χ4v) is 6.58. The second kappa shape index (κ2) is 30.1. The Labute approximate surface area is 397 Å². The van der Waals surface area contributed by atoms with Crippen LogP contribution in [0.2, 0.25) is 0 Å². The first-order valence-corrected chi connectivity index (χ1v) is 22.6. The standard InChI is InChI=1S/C49H65N7O12/c1-36-18-19-51-44(33-36)56(48(60)68-49(2,3)4)21-8-11-45(57)52-35-46(58)54-42(34-47(59)67-31-23-61-5)38-14-12-37(13-15-38)39-16-17-43(41-10-7-6-9-40(39)41)66-32-30-65-29-28-64-27-26-63-25-24-62-22-20-53-55-50/h6-7,9-10,12-19,33,42H,8,11,20-32,34-35H2,1-5H3,(H,52,57)(H,54,58)/t42-/m0/s1. The highest BCUT2D eigenvalue weighted by atomic mass is 16.6. The number of ether oxygens (including phenoxy) is 8. The molecule has 0 saturated carbocycles. The van der Waals surface area contributed by atoms with Gasteiger partial charge in [0.15, 0.2) is 0 Å². The van der Waals surface area contributed by atoms with Gasteiger partial charge in [0.05, 0.1) is 78.5 Å². The lowest BCUT2D eigenvalue weighted by molar-refractivity contribution is -0.145. The van der Waals surface area contributed by atoms with Crippen LogP contribution in [0.3, 0.4) is 0 Å². The van der Waals surface area contributed by atoms with Crippen molar-refractivity contribution in [1.29, 1.82) is 0 Å². The van der Waals surface area contributed by atoms with Crippen LogP contribution in [0.25, 0.3) is 32.3 Å². The molecule has 3 amide bonds. The number of fused-ring (bicyclic) bond motifs is 1. The van der Waals surface area contributed by atoms with Crippen molar-refractivity contribution in [2.24, 2.45) is 5.11 Å². The topological polar surface area (TPSA) is 231 Å². The van der Waals surface area contributed by atoms with Gasteiger partial charge < -0.3 is 48.5 Å². The number of rotatable bonds is 31. The van der Waals surface area contributed by atoms with Crippen LogP contribution in [0.5, 0.6) is 5.75 Å². The number of benzene rings is 3. The fourth-order valence-electron chi connectivity index (χ4n) is 6.58. The molecule has 0 aliphatic heterocycles. The predicted octanol–water partition coefficient (Wildman–Crippen LogP) is 7.04. The number of amides is 3. The molecular formula is C49H65N7O12. The van der Waals surface area contributed by atoms with Crippen LogP contribution in [0.4, 0.5) is 10.6 Å². The third kappa shape index (κ3) is 20.3. The Morgan fingerprint density at radius 2 is 1.46 bits per heavy atom. The van der Waals surface area contributed by atoms with Crippen molar-refractivity contribution >= 4 is 40.5 Å². The number of carbonyl (C=O) groups is 4. The van der Waals surface area contributed by atoms with Crippen LogP contribution in [0, 0.1) is 6.92 Å². The maximum atomic E-state index is 13.3. The van der Waals surface area contributed by atoms with Crippen LogP contribution in [-0.2, 0) is 47.5 Å². The van der Waals surface area contributed by atoms with Gasteiger partial charge in [-0.2, -0.15) is 0 Å². The molecule has 0 unspecified atom stereocenters. The number of carbonyl (C=O) groups excluding carboxylic acids is 4. The van der Waals surface area contributed by atoms with Gasteiger partial charge in [0.25, 0.3) is 0 Å². The number of methoxy groups -OCH3 is 1. The molecule has 368 valence electrons. The van der Waals surface area contributed by atoms with E-state index in [9.17, 15) is 19.2 Å². The second-order valence-corrected chi connectivity index (χ2v) is 16.3. The summed E-state index contributed by atoms with van der Waals surface area (Å²) in [4.78, 5) is 60.5. The van der Waals surface area contributed by atoms with Gasteiger partial charge in [-0.25, -0.2) is 9.78 Å². The van der Waals surface area contributed by atoms with Gasteiger partial charge in [-0.15, -0.1) is 0 Å². The highest BCUT2D eigenvalue weighted by Crippen LogP contribution is 2.35. The molecule has 0 spiro atoms. The number of anilines is 1. The van der Waals surface area contributed by atoms with Gasteiger partial charge in [-0.05, 0) is 85.5 Å². The number of aryl methyl sites for hydroxylation is 1. The monoisotopic (exact) mass is 943 g/mol. The Bertz CT molecular complexity index is 2230. The van der Waals surface area contributed by atoms with E-state index < -0.39 is 29.6 Å². The van der Waals surface area contributed by atoms with Gasteiger partial charge >= 0.3 is 12.1 Å². The maximum absolute atomic E-state index is 13.3. The minimum absolute atomic E-state index is 0.0299. The molecule has 19 heteroatoms. The first kappa shape index (κ1) is 54.3. The minimum atomic E-state index is -0.762. The summed E-state index contributed by atoms with van der Waals surface area (Å²) in [6.07, 6.45) is 1.18. The predicted molar refractivity (Wildman–Crippen MR) is 255 cm³/mol. The number of hydrogen-bond donors (Lipinski definition) is 2. The summed E-state index contributed by atoms with van der Waals surface area (Å²) in [5, 5.41) is 10.8. The highest BCUT2D eigenvalue weighted by Gasteiger charge is 2.25. The molecule has 1 heterocycles. The van der Waals surface area contributed by atoms with Gasteiger partial charge in [0.1, 0.15) is 30.4 Å². The zero-order valence-electron chi connectivity index (χ0n) is 39.7. The SMILES string of the molecule is COCCOC(=O)C[C@H](NC(=O)CNC(=O)CCCN(C(=O)OC(C)(C)C)c1cc(C)ccn1)c1ccc(-c2ccc(OCCOCCOCCOCCOCCN=[N+]=[N-])c3ccccc23)cc1. The smallest absolute Gasteiger partial charge is 0.416 e. The van der Waals surface area contributed by atoms with Crippen molar-refractivity contribution in [3.63, 3.8) is 0 Å². The normalized spacial score (nSPS) is 11.6. The maximum Gasteiger partial charge on any atom is 0.416 e. The molecule has 0 saturated heterocycles. The van der Waals surface area contributed by atoms with E-state index in [-0.39, 0.29) is 51.5 Å². The number of nitrogens with zero attached hydrogens (tertiary/aromatic N) is 5. The van der Waals surface area contributed by atoms with E-state index in [4.69, 9.17) is 43.4 Å². The number of hydrogen-bond acceptors (Lipinski definition) is 14. The molecule has 0 aliphatic carbocycles. The van der Waals surface area contributed by atoms with E-state index in [2.05, 4.69) is 25.6 Å². The second-order valence-electron chi connectivity index (χ2n) is 16.3. The zero-order chi connectivity index (χ0) is 49.0. The molecule has 2 N–H and O–H groups in total. The van der Waals surface area contributed by atoms with Crippen molar-refractivity contribution < 1.29 is 57.1 Å². The van der Waals surface area contributed by atoms with Crippen LogP contribution in [-0.4, -0.2) is 134 Å². The molecule has 68 heavy (non-hydrogen) atoms. The average molecular weight is 944 g/mol. The summed E-state index contributed by atoms with van der Waals surface area (Å²) < 4.78 is 44.0. The first-order valence-electron chi connectivity index (χ1n) is 22.6. The Balaban J connectivity index is 1.29. The average Bonchev–Trinajstić information content (AvgIpc) is 3.31. The Morgan fingerprint density at radius 1 is 0.794 bits per heavy atom. The summed E-state index contributed by atoms with van der Waals surface area (Å²) in [5.41, 5.74) is 11.0. The van der Waals surface area contributed by atoms with Crippen LogP contribution in [0.15, 0.2) is 84.1 Å². The van der Waals surface area contributed by atoms with E-state index in [0.717, 1.165) is 27.5 Å². The zero-order valence-corrected chi connectivity index (χ0v) is 39.7. The fraction of sp³-hybridized carbons (Fsp3) is 0.490. The van der Waals surface area contributed by atoms with Gasteiger partial charge in [0.2, 0.25) is 11.8 Å². The largest absolute Gasteiger partial charge is 0.491 e. The van der Waals surface area contributed by atoms with Crippen molar-refractivity contribution in [3.8, 4) is 16.9 Å². The van der Waals surface area contributed by atoms with Crippen molar-refractivity contribution in [3.05, 3.63) is 101 Å². The number of aromatic nitrogens is 1. The van der Waals surface area contributed by atoms with E-state index in [1.807, 2.05) is 73.7 Å². The van der Waals surface area contributed by atoms with E-state index >= 15 is 0 Å². The Hall–Kier alpha value is -6.34. The molecule has 0 bridgehead atoms. The Morgan fingerprint density at radius 3 is 2.10 bits per heavy atom. The van der Waals surface area contributed by atoms with E-state index in [1.54, 1.807) is 33.0 Å². The molecule has 4 aromatic rings. The minimum Gasteiger partial charge on any atom is -0.491 e.